The number of ether oxygens (including phenoxy) is 1. The van der Waals surface area contributed by atoms with Gasteiger partial charge in [0.1, 0.15) is 11.4 Å². The molecule has 3 atom stereocenters. The van der Waals surface area contributed by atoms with Crippen LogP contribution in [0.15, 0.2) is 16.7 Å². The van der Waals surface area contributed by atoms with Crippen LogP contribution in [0.4, 0.5) is 14.7 Å². The summed E-state index contributed by atoms with van der Waals surface area (Å²) in [4.78, 5) is 20.3. The summed E-state index contributed by atoms with van der Waals surface area (Å²) >= 11 is 0. The monoisotopic (exact) mass is 517 g/mol. The van der Waals surface area contributed by atoms with Crippen molar-refractivity contribution in [1.29, 1.82) is 0 Å². The van der Waals surface area contributed by atoms with Gasteiger partial charge < -0.3 is 19.7 Å². The zero-order valence-electron chi connectivity index (χ0n) is 20.7. The smallest absolute Gasteiger partial charge is 0.306 e. The number of carbonyl (C=O) groups is 1. The molecule has 2 aliphatic rings. The van der Waals surface area contributed by atoms with Crippen molar-refractivity contribution in [2.24, 2.45) is 13.0 Å². The lowest BCUT2D eigenvalue weighted by molar-refractivity contribution is -0.143. The molecular formula is C24H29F2N7O4. The van der Waals surface area contributed by atoms with Crippen LogP contribution in [0.3, 0.4) is 0 Å². The maximum Gasteiger partial charge on any atom is 0.306 e. The predicted octanol–water partition coefficient (Wildman–Crippen LogP) is 4.11. The van der Waals surface area contributed by atoms with Crippen LogP contribution in [-0.4, -0.2) is 53.2 Å². The van der Waals surface area contributed by atoms with Crippen LogP contribution in [0, 0.1) is 12.8 Å². The van der Waals surface area contributed by atoms with E-state index < -0.39 is 17.8 Å². The average molecular weight is 518 g/mol. The van der Waals surface area contributed by atoms with Gasteiger partial charge in [-0.3, -0.25) is 4.79 Å². The number of nitrogens with one attached hydrogen (secondary N) is 1. The number of anilines is 1. The second kappa shape index (κ2) is 10.0. The summed E-state index contributed by atoms with van der Waals surface area (Å²) in [6.07, 6.45) is 2.49. The molecule has 1 unspecified atom stereocenters. The van der Waals surface area contributed by atoms with Gasteiger partial charge in [0.2, 0.25) is 11.8 Å². The first-order chi connectivity index (χ1) is 17.7. The van der Waals surface area contributed by atoms with Gasteiger partial charge in [-0.2, -0.15) is 4.98 Å². The van der Waals surface area contributed by atoms with E-state index in [2.05, 4.69) is 30.8 Å². The second-order valence-electron chi connectivity index (χ2n) is 9.84. The van der Waals surface area contributed by atoms with Crippen LogP contribution in [0.5, 0.6) is 5.75 Å². The van der Waals surface area contributed by atoms with Crippen LogP contribution < -0.4 is 10.1 Å². The van der Waals surface area contributed by atoms with Crippen molar-refractivity contribution < 1.29 is 27.9 Å². The lowest BCUT2D eigenvalue weighted by atomic mass is 9.87. The molecular weight excluding hydrogens is 488 g/mol. The minimum atomic E-state index is -2.69. The molecule has 198 valence electrons. The number of rotatable bonds is 8. The third kappa shape index (κ3) is 5.54. The molecule has 0 saturated heterocycles. The summed E-state index contributed by atoms with van der Waals surface area (Å²) in [6.45, 7) is 2.09. The molecule has 11 nitrogen and oxygen atoms in total. The maximum atomic E-state index is 13.5. The molecule has 0 radical (unpaired) electrons. The van der Waals surface area contributed by atoms with Crippen molar-refractivity contribution in [1.82, 2.24) is 30.1 Å². The normalized spacial score (nSPS) is 23.2. The molecule has 0 aromatic carbocycles. The highest BCUT2D eigenvalue weighted by Gasteiger charge is 2.42. The Morgan fingerprint density at radius 2 is 2.14 bits per heavy atom. The Hall–Kier alpha value is -3.64. The van der Waals surface area contributed by atoms with E-state index in [0.717, 1.165) is 18.5 Å². The molecule has 2 saturated carbocycles. The third-order valence-electron chi connectivity index (χ3n) is 7.10. The molecule has 2 fully saturated rings. The SMILES string of the molecule is Cc1nc(-c2nnn(C)c2CNc2noc(C3CCC(F)(F)C3)n2)ccc1O[C@H]1CCC[C@H](C(=O)O)C1. The quantitative estimate of drug-likeness (QED) is 0.448. The molecule has 2 aliphatic carbocycles. The second-order valence-corrected chi connectivity index (χ2v) is 9.84. The summed E-state index contributed by atoms with van der Waals surface area (Å²) < 4.78 is 40.0. The number of hydrogen-bond acceptors (Lipinski definition) is 9. The first-order valence-corrected chi connectivity index (χ1v) is 12.4. The van der Waals surface area contributed by atoms with Gasteiger partial charge in [0, 0.05) is 25.8 Å². The van der Waals surface area contributed by atoms with Gasteiger partial charge in [0.15, 0.2) is 0 Å². The van der Waals surface area contributed by atoms with E-state index in [0.29, 0.717) is 42.1 Å². The topological polar surface area (TPSA) is 141 Å². The number of carboxylic acids is 1. The molecule has 13 heteroatoms. The predicted molar refractivity (Wildman–Crippen MR) is 126 cm³/mol. The molecule has 2 N–H and O–H groups in total. The van der Waals surface area contributed by atoms with E-state index in [1.807, 2.05) is 13.0 Å². The van der Waals surface area contributed by atoms with Crippen molar-refractivity contribution in [2.75, 3.05) is 5.32 Å². The lowest BCUT2D eigenvalue weighted by Gasteiger charge is -2.27. The van der Waals surface area contributed by atoms with Crippen molar-refractivity contribution >= 4 is 11.9 Å². The zero-order chi connectivity index (χ0) is 26.2. The van der Waals surface area contributed by atoms with Crippen molar-refractivity contribution in [3.05, 3.63) is 29.4 Å². The van der Waals surface area contributed by atoms with Gasteiger partial charge in [-0.1, -0.05) is 5.21 Å². The van der Waals surface area contributed by atoms with E-state index >= 15 is 0 Å². The van der Waals surface area contributed by atoms with E-state index in [9.17, 15) is 18.7 Å². The Morgan fingerprint density at radius 3 is 2.86 bits per heavy atom. The van der Waals surface area contributed by atoms with Gasteiger partial charge in [0.05, 0.1) is 35.6 Å². The Morgan fingerprint density at radius 1 is 1.30 bits per heavy atom. The number of carboxylic acid groups (broad SMARTS) is 1. The van der Waals surface area contributed by atoms with Crippen LogP contribution >= 0.6 is 0 Å². The van der Waals surface area contributed by atoms with E-state index in [4.69, 9.17) is 9.26 Å². The summed E-state index contributed by atoms with van der Waals surface area (Å²) in [6, 6.07) is 3.61. The maximum absolute atomic E-state index is 13.5. The van der Waals surface area contributed by atoms with Crippen LogP contribution in [0.1, 0.15) is 68.1 Å². The molecule has 0 amide bonds. The highest BCUT2D eigenvalue weighted by atomic mass is 19.3. The van der Waals surface area contributed by atoms with Crippen molar-refractivity contribution in [3.63, 3.8) is 0 Å². The molecule has 3 heterocycles. The van der Waals surface area contributed by atoms with E-state index in [-0.39, 0.29) is 43.2 Å². The Kier molecular flexibility index (Phi) is 6.78. The molecule has 0 spiro atoms. The van der Waals surface area contributed by atoms with Crippen molar-refractivity contribution in [3.8, 4) is 17.1 Å². The van der Waals surface area contributed by atoms with E-state index in [1.165, 1.54) is 0 Å². The fraction of sp³-hybridized carbons (Fsp3) is 0.583. The first kappa shape index (κ1) is 25.0. The highest BCUT2D eigenvalue weighted by Crippen LogP contribution is 2.43. The Labute approximate surface area is 211 Å². The summed E-state index contributed by atoms with van der Waals surface area (Å²) in [5, 5.41) is 24.6. The average Bonchev–Trinajstić information content (AvgIpc) is 3.57. The van der Waals surface area contributed by atoms with Crippen LogP contribution in [0.2, 0.25) is 0 Å². The number of nitrogens with zero attached hydrogens (tertiary/aromatic N) is 6. The largest absolute Gasteiger partial charge is 0.489 e. The highest BCUT2D eigenvalue weighted by molar-refractivity contribution is 5.70. The summed E-state index contributed by atoms with van der Waals surface area (Å²) in [5.41, 5.74) is 2.54. The summed E-state index contributed by atoms with van der Waals surface area (Å²) in [5.74, 6) is -3.26. The minimum absolute atomic E-state index is 0.159. The first-order valence-electron chi connectivity index (χ1n) is 12.4. The number of pyridine rings is 1. The standard InChI is InChI=1S/C24H29F2N7O4/c1-13-19(36-16-5-3-4-14(10-16)22(34)35)7-6-17(28-13)20-18(33(2)32-30-20)12-27-23-29-21(37-31-23)15-8-9-24(25,26)11-15/h6-7,14-16H,3-5,8-12H2,1-2H3,(H,27,31)(H,34,35)/t14-,15?,16-/m0/s1. The van der Waals surface area contributed by atoms with Gasteiger partial charge in [-0.05, 0) is 56.3 Å². The van der Waals surface area contributed by atoms with Crippen LogP contribution in [-0.2, 0) is 18.4 Å². The number of aromatic nitrogens is 6. The van der Waals surface area contributed by atoms with Gasteiger partial charge in [-0.25, -0.2) is 18.4 Å². The number of aliphatic carboxylic acids is 1. The fourth-order valence-electron chi connectivity index (χ4n) is 5.03. The van der Waals surface area contributed by atoms with Crippen molar-refractivity contribution in [2.45, 2.75) is 76.4 Å². The minimum Gasteiger partial charge on any atom is -0.489 e. The number of aryl methyl sites for hydroxylation is 2. The number of hydrogen-bond donors (Lipinski definition) is 2. The molecule has 0 bridgehead atoms. The molecule has 3 aromatic heterocycles. The van der Waals surface area contributed by atoms with Gasteiger partial charge >= 0.3 is 5.97 Å². The lowest BCUT2D eigenvalue weighted by Crippen LogP contribution is -2.29. The fourth-order valence-corrected chi connectivity index (χ4v) is 5.03. The zero-order valence-corrected chi connectivity index (χ0v) is 20.7. The van der Waals surface area contributed by atoms with Gasteiger partial charge in [0.25, 0.3) is 5.95 Å². The van der Waals surface area contributed by atoms with Gasteiger partial charge in [-0.15, -0.1) is 5.10 Å². The van der Waals surface area contributed by atoms with Crippen LogP contribution in [0.25, 0.3) is 11.4 Å². The summed E-state index contributed by atoms with van der Waals surface area (Å²) in [7, 11) is 1.75. The molecule has 0 aliphatic heterocycles. The molecule has 3 aromatic rings. The molecule has 5 rings (SSSR count). The number of halogens is 2. The molecule has 37 heavy (non-hydrogen) atoms. The van der Waals surface area contributed by atoms with E-state index in [1.54, 1.807) is 17.8 Å². The Bertz CT molecular complexity index is 1280. The Balaban J connectivity index is 1.25. The third-order valence-corrected chi connectivity index (χ3v) is 7.10. The number of alkyl halides is 2.